The van der Waals surface area contributed by atoms with Gasteiger partial charge in [0.1, 0.15) is 6.33 Å². The third kappa shape index (κ3) is 2.38. The molecule has 0 atom stereocenters. The minimum absolute atomic E-state index is 0.0279. The molecular weight excluding hydrogens is 335 g/mol. The Morgan fingerprint density at radius 3 is 2.94 bits per heavy atom. The number of hydrogen-bond donors (Lipinski definition) is 1. The summed E-state index contributed by atoms with van der Waals surface area (Å²) in [6.07, 6.45) is 1.46. The fourth-order valence-electron chi connectivity index (χ4n) is 1.27. The zero-order chi connectivity index (χ0) is 12.4. The molecule has 0 fully saturated rings. The van der Waals surface area contributed by atoms with Crippen LogP contribution in [0.1, 0.15) is 10.6 Å². The Balaban J connectivity index is 2.40. The molecule has 0 aliphatic carbocycles. The Kier molecular flexibility index (Phi) is 3.27. The van der Waals surface area contributed by atoms with E-state index in [2.05, 4.69) is 37.4 Å². The Bertz CT molecular complexity index is 567. The van der Waals surface area contributed by atoms with Gasteiger partial charge in [-0.15, -0.1) is 5.10 Å². The van der Waals surface area contributed by atoms with Gasteiger partial charge in [-0.2, -0.15) is 0 Å². The van der Waals surface area contributed by atoms with Crippen molar-refractivity contribution in [1.82, 2.24) is 14.8 Å². The molecular formula is C10H9IN4O2. The summed E-state index contributed by atoms with van der Waals surface area (Å²) in [7, 11) is 1.29. The van der Waals surface area contributed by atoms with Gasteiger partial charge in [0.15, 0.2) is 0 Å². The molecule has 0 aliphatic rings. The maximum atomic E-state index is 11.2. The largest absolute Gasteiger partial charge is 0.463 e. The molecule has 1 aromatic heterocycles. The number of nitrogens with two attached hydrogens (primary N) is 1. The van der Waals surface area contributed by atoms with Crippen LogP contribution >= 0.6 is 22.6 Å². The van der Waals surface area contributed by atoms with Crippen LogP contribution in [-0.4, -0.2) is 27.8 Å². The fourth-order valence-corrected chi connectivity index (χ4v) is 2.06. The molecule has 0 saturated carbocycles. The van der Waals surface area contributed by atoms with E-state index < -0.39 is 5.97 Å². The summed E-state index contributed by atoms with van der Waals surface area (Å²) in [6, 6.07) is 5.39. The van der Waals surface area contributed by atoms with Crippen molar-refractivity contribution >= 4 is 34.2 Å². The van der Waals surface area contributed by atoms with E-state index in [4.69, 9.17) is 5.73 Å². The Morgan fingerprint density at radius 1 is 1.53 bits per heavy atom. The number of ether oxygens (including phenoxy) is 1. The molecule has 2 rings (SSSR count). The van der Waals surface area contributed by atoms with Crippen LogP contribution < -0.4 is 5.73 Å². The van der Waals surface area contributed by atoms with Gasteiger partial charge in [-0.25, -0.2) is 14.5 Å². The highest BCUT2D eigenvalue weighted by atomic mass is 127. The summed E-state index contributed by atoms with van der Waals surface area (Å²) < 4.78 is 6.96. The van der Waals surface area contributed by atoms with Crippen molar-refractivity contribution < 1.29 is 9.53 Å². The summed E-state index contributed by atoms with van der Waals surface area (Å²) >= 11 is 2.14. The molecule has 1 heterocycles. The van der Waals surface area contributed by atoms with Crippen LogP contribution in [0.15, 0.2) is 24.5 Å². The molecule has 88 valence electrons. The molecule has 0 bridgehead atoms. The van der Waals surface area contributed by atoms with Crippen LogP contribution in [0.4, 0.5) is 5.69 Å². The molecule has 0 aliphatic heterocycles. The second-order valence-corrected chi connectivity index (χ2v) is 4.38. The molecule has 6 nitrogen and oxygen atoms in total. The minimum Gasteiger partial charge on any atom is -0.463 e. The maximum absolute atomic E-state index is 11.2. The van der Waals surface area contributed by atoms with Crippen LogP contribution in [0.3, 0.4) is 0 Å². The number of anilines is 1. The Morgan fingerprint density at radius 2 is 2.29 bits per heavy atom. The standard InChI is InChI=1S/C10H9IN4O2/c1-17-10(16)9-13-5-15(14-9)8-3-2-6(12)4-7(8)11/h2-5H,12H2,1H3. The van der Waals surface area contributed by atoms with Crippen LogP contribution in [0.2, 0.25) is 0 Å². The number of nitrogen functional groups attached to an aromatic ring is 1. The second kappa shape index (κ2) is 4.70. The van der Waals surface area contributed by atoms with E-state index in [1.54, 1.807) is 6.07 Å². The van der Waals surface area contributed by atoms with Gasteiger partial charge in [-0.1, -0.05) is 0 Å². The van der Waals surface area contributed by atoms with Crippen molar-refractivity contribution in [2.24, 2.45) is 0 Å². The van der Waals surface area contributed by atoms with Crippen molar-refractivity contribution in [3.8, 4) is 5.69 Å². The normalized spacial score (nSPS) is 10.2. The summed E-state index contributed by atoms with van der Waals surface area (Å²) in [6.45, 7) is 0. The Labute approximate surface area is 111 Å². The first-order valence-corrected chi connectivity index (χ1v) is 5.75. The van der Waals surface area contributed by atoms with Crippen molar-refractivity contribution in [2.45, 2.75) is 0 Å². The van der Waals surface area contributed by atoms with Crippen LogP contribution in [0.25, 0.3) is 5.69 Å². The molecule has 0 spiro atoms. The molecule has 7 heteroatoms. The van der Waals surface area contributed by atoms with Crippen molar-refractivity contribution in [3.63, 3.8) is 0 Å². The van der Waals surface area contributed by atoms with Crippen LogP contribution in [0.5, 0.6) is 0 Å². The molecule has 17 heavy (non-hydrogen) atoms. The molecule has 0 unspecified atom stereocenters. The minimum atomic E-state index is -0.561. The third-order valence-electron chi connectivity index (χ3n) is 2.08. The van der Waals surface area contributed by atoms with Gasteiger partial charge in [0.25, 0.3) is 5.82 Å². The lowest BCUT2D eigenvalue weighted by atomic mass is 10.3. The SMILES string of the molecule is COC(=O)c1ncn(-c2ccc(N)cc2I)n1. The summed E-state index contributed by atoms with van der Waals surface area (Å²) in [5, 5.41) is 4.03. The highest BCUT2D eigenvalue weighted by Crippen LogP contribution is 2.19. The van der Waals surface area contributed by atoms with Crippen LogP contribution in [-0.2, 0) is 4.74 Å². The molecule has 2 N–H and O–H groups in total. The monoisotopic (exact) mass is 344 g/mol. The molecule has 0 radical (unpaired) electrons. The van der Waals surface area contributed by atoms with Gasteiger partial charge in [0, 0.05) is 9.26 Å². The number of carbonyl (C=O) groups is 1. The maximum Gasteiger partial charge on any atom is 0.377 e. The first-order valence-electron chi connectivity index (χ1n) is 4.67. The number of carbonyl (C=O) groups excluding carboxylic acids is 1. The first-order chi connectivity index (χ1) is 8.11. The van der Waals surface area contributed by atoms with Gasteiger partial charge >= 0.3 is 5.97 Å². The van der Waals surface area contributed by atoms with E-state index in [1.165, 1.54) is 18.1 Å². The lowest BCUT2D eigenvalue weighted by Crippen LogP contribution is -2.05. The number of esters is 1. The van der Waals surface area contributed by atoms with Crippen molar-refractivity contribution in [2.75, 3.05) is 12.8 Å². The molecule has 0 amide bonds. The van der Waals surface area contributed by atoms with Gasteiger partial charge in [-0.3, -0.25) is 0 Å². The molecule has 1 aromatic carbocycles. The number of aromatic nitrogens is 3. The average Bonchev–Trinajstić information content (AvgIpc) is 2.77. The van der Waals surface area contributed by atoms with Crippen molar-refractivity contribution in [3.05, 3.63) is 33.9 Å². The summed E-state index contributed by atoms with van der Waals surface area (Å²) in [5.41, 5.74) is 7.14. The summed E-state index contributed by atoms with van der Waals surface area (Å²) in [5.74, 6) is -0.533. The molecule has 0 saturated heterocycles. The van der Waals surface area contributed by atoms with Gasteiger partial charge in [0.05, 0.1) is 12.8 Å². The number of rotatable bonds is 2. The zero-order valence-electron chi connectivity index (χ0n) is 8.92. The van der Waals surface area contributed by atoms with E-state index in [-0.39, 0.29) is 5.82 Å². The second-order valence-electron chi connectivity index (χ2n) is 3.22. The highest BCUT2D eigenvalue weighted by Gasteiger charge is 2.13. The lowest BCUT2D eigenvalue weighted by molar-refractivity contribution is 0.0587. The number of benzene rings is 1. The molecule has 2 aromatic rings. The van der Waals surface area contributed by atoms with E-state index >= 15 is 0 Å². The predicted octanol–water partition coefficient (Wildman–Crippen LogP) is 1.24. The number of halogens is 1. The predicted molar refractivity (Wildman–Crippen MR) is 69.8 cm³/mol. The quantitative estimate of drug-likeness (QED) is 0.504. The zero-order valence-corrected chi connectivity index (χ0v) is 11.1. The van der Waals surface area contributed by atoms with Gasteiger partial charge in [0.2, 0.25) is 0 Å². The number of methoxy groups -OCH3 is 1. The van der Waals surface area contributed by atoms with Gasteiger partial charge in [-0.05, 0) is 40.8 Å². The van der Waals surface area contributed by atoms with Gasteiger partial charge < -0.3 is 10.5 Å². The van der Waals surface area contributed by atoms with E-state index in [0.29, 0.717) is 5.69 Å². The van der Waals surface area contributed by atoms with E-state index in [1.807, 2.05) is 12.1 Å². The average molecular weight is 344 g/mol. The van der Waals surface area contributed by atoms with E-state index in [9.17, 15) is 4.79 Å². The number of hydrogen-bond acceptors (Lipinski definition) is 5. The third-order valence-corrected chi connectivity index (χ3v) is 2.94. The smallest absolute Gasteiger partial charge is 0.377 e. The highest BCUT2D eigenvalue weighted by molar-refractivity contribution is 14.1. The fraction of sp³-hybridized carbons (Fsp3) is 0.100. The Hall–Kier alpha value is -1.64. The van der Waals surface area contributed by atoms with Crippen LogP contribution in [0, 0.1) is 3.57 Å². The lowest BCUT2D eigenvalue weighted by Gasteiger charge is -2.04. The number of nitrogens with zero attached hydrogens (tertiary/aromatic N) is 3. The topological polar surface area (TPSA) is 83.0 Å². The van der Waals surface area contributed by atoms with Crippen molar-refractivity contribution in [1.29, 1.82) is 0 Å². The summed E-state index contributed by atoms with van der Waals surface area (Å²) in [4.78, 5) is 15.1. The first kappa shape index (κ1) is 11.8. The van der Waals surface area contributed by atoms with E-state index in [0.717, 1.165) is 9.26 Å².